The van der Waals surface area contributed by atoms with Crippen LogP contribution < -0.4 is 5.32 Å². The highest BCUT2D eigenvalue weighted by atomic mass is 19.1. The van der Waals surface area contributed by atoms with Crippen LogP contribution in [0.5, 0.6) is 0 Å². The van der Waals surface area contributed by atoms with E-state index in [9.17, 15) is 4.39 Å². The Morgan fingerprint density at radius 3 is 3.11 bits per heavy atom. The average Bonchev–Trinajstić information content (AvgIpc) is 2.77. The molecule has 0 unspecified atom stereocenters. The number of terminal acetylenes is 1. The highest BCUT2D eigenvalue weighted by Crippen LogP contribution is 2.08. The predicted octanol–water partition coefficient (Wildman–Crippen LogP) is 1.52. The molecule has 4 nitrogen and oxygen atoms in total. The third-order valence-electron chi connectivity index (χ3n) is 2.26. The minimum Gasteiger partial charge on any atom is -0.338 e. The van der Waals surface area contributed by atoms with E-state index in [0.717, 1.165) is 5.56 Å². The van der Waals surface area contributed by atoms with Crippen molar-refractivity contribution in [3.63, 3.8) is 0 Å². The number of nitrogens with one attached hydrogen (secondary N) is 1. The van der Waals surface area contributed by atoms with Gasteiger partial charge in [-0.05, 0) is 17.7 Å². The fourth-order valence-electron chi connectivity index (χ4n) is 1.50. The Morgan fingerprint density at radius 1 is 1.44 bits per heavy atom. The Morgan fingerprint density at radius 2 is 2.33 bits per heavy atom. The fourth-order valence-corrected chi connectivity index (χ4v) is 1.50. The van der Waals surface area contributed by atoms with E-state index in [1.54, 1.807) is 6.07 Å². The predicted molar refractivity (Wildman–Crippen MR) is 64.0 cm³/mol. The van der Waals surface area contributed by atoms with E-state index in [4.69, 9.17) is 10.9 Å². The molecule has 0 fully saturated rings. The van der Waals surface area contributed by atoms with Crippen molar-refractivity contribution in [1.82, 2.24) is 15.5 Å². The number of benzene rings is 1. The van der Waals surface area contributed by atoms with E-state index in [0.29, 0.717) is 31.2 Å². The van der Waals surface area contributed by atoms with Crippen molar-refractivity contribution >= 4 is 0 Å². The monoisotopic (exact) mass is 245 g/mol. The van der Waals surface area contributed by atoms with E-state index >= 15 is 0 Å². The van der Waals surface area contributed by atoms with Crippen LogP contribution in [-0.2, 0) is 13.0 Å². The molecule has 1 heterocycles. The van der Waals surface area contributed by atoms with Gasteiger partial charge in [-0.25, -0.2) is 4.39 Å². The van der Waals surface area contributed by atoms with Crippen LogP contribution in [0.4, 0.5) is 4.39 Å². The molecule has 18 heavy (non-hydrogen) atoms. The average molecular weight is 245 g/mol. The van der Waals surface area contributed by atoms with Crippen molar-refractivity contribution in [3.8, 4) is 12.3 Å². The molecule has 0 aliphatic rings. The second kappa shape index (κ2) is 5.94. The van der Waals surface area contributed by atoms with Crippen LogP contribution in [0.15, 0.2) is 28.8 Å². The zero-order valence-corrected chi connectivity index (χ0v) is 9.69. The highest BCUT2D eigenvalue weighted by molar-refractivity contribution is 5.19. The first-order valence-corrected chi connectivity index (χ1v) is 5.48. The molecule has 2 aromatic rings. The molecule has 0 spiro atoms. The molecule has 0 aliphatic heterocycles. The van der Waals surface area contributed by atoms with Gasteiger partial charge >= 0.3 is 0 Å². The number of hydrogen-bond acceptors (Lipinski definition) is 4. The summed E-state index contributed by atoms with van der Waals surface area (Å²) in [5.41, 5.74) is 0.805. The maximum absolute atomic E-state index is 13.0. The molecule has 0 aliphatic carbocycles. The smallest absolute Gasteiger partial charge is 0.240 e. The Balaban J connectivity index is 1.96. The van der Waals surface area contributed by atoms with Crippen LogP contribution in [0.25, 0.3) is 0 Å². The lowest BCUT2D eigenvalue weighted by Crippen LogP contribution is -2.13. The summed E-state index contributed by atoms with van der Waals surface area (Å²) in [4.78, 5) is 4.18. The largest absolute Gasteiger partial charge is 0.338 e. The molecule has 0 saturated carbocycles. The zero-order valence-electron chi connectivity index (χ0n) is 9.69. The van der Waals surface area contributed by atoms with E-state index in [1.807, 2.05) is 6.07 Å². The molecule has 92 valence electrons. The second-order valence-electron chi connectivity index (χ2n) is 3.72. The van der Waals surface area contributed by atoms with Gasteiger partial charge in [0.1, 0.15) is 5.82 Å². The van der Waals surface area contributed by atoms with E-state index < -0.39 is 0 Å². The van der Waals surface area contributed by atoms with Gasteiger partial charge in [0.15, 0.2) is 5.82 Å². The summed E-state index contributed by atoms with van der Waals surface area (Å²) in [6.07, 6.45) is 5.54. The van der Waals surface area contributed by atoms with Crippen LogP contribution >= 0.6 is 0 Å². The minimum absolute atomic E-state index is 0.271. The van der Waals surface area contributed by atoms with Gasteiger partial charge in [0.25, 0.3) is 0 Å². The number of halogens is 1. The summed E-state index contributed by atoms with van der Waals surface area (Å²) in [7, 11) is 0. The third kappa shape index (κ3) is 3.40. The Labute approximate surface area is 104 Å². The highest BCUT2D eigenvalue weighted by Gasteiger charge is 2.06. The van der Waals surface area contributed by atoms with Gasteiger partial charge in [-0.15, -0.1) is 6.42 Å². The van der Waals surface area contributed by atoms with E-state index in [2.05, 4.69) is 21.4 Å². The van der Waals surface area contributed by atoms with Gasteiger partial charge in [0, 0.05) is 6.42 Å². The van der Waals surface area contributed by atoms with Crippen LogP contribution in [-0.4, -0.2) is 16.7 Å². The molecule has 5 heteroatoms. The number of hydrogen-bond donors (Lipinski definition) is 1. The molecular formula is C13H12FN3O. The molecule has 1 aromatic carbocycles. The van der Waals surface area contributed by atoms with Crippen LogP contribution in [0.3, 0.4) is 0 Å². The maximum atomic E-state index is 13.0. The number of nitrogens with zero attached hydrogens (tertiary/aromatic N) is 2. The Kier molecular flexibility index (Phi) is 4.05. The van der Waals surface area contributed by atoms with Crippen molar-refractivity contribution in [2.45, 2.75) is 13.0 Å². The normalized spacial score (nSPS) is 10.2. The maximum Gasteiger partial charge on any atom is 0.240 e. The fraction of sp³-hybridized carbons (Fsp3) is 0.231. The Bertz CT molecular complexity index is 559. The van der Waals surface area contributed by atoms with Gasteiger partial charge in [-0.3, -0.25) is 5.32 Å². The first-order valence-electron chi connectivity index (χ1n) is 5.48. The third-order valence-corrected chi connectivity index (χ3v) is 2.26. The SMILES string of the molecule is C#CCNCc1nc(Cc2cccc(F)c2)no1. The van der Waals surface area contributed by atoms with Gasteiger partial charge < -0.3 is 4.52 Å². The summed E-state index contributed by atoms with van der Waals surface area (Å²) in [5.74, 6) is 3.17. The molecule has 1 N–H and O–H groups in total. The van der Waals surface area contributed by atoms with Crippen molar-refractivity contribution < 1.29 is 8.91 Å². The van der Waals surface area contributed by atoms with Crippen molar-refractivity contribution in [1.29, 1.82) is 0 Å². The summed E-state index contributed by atoms with van der Waals surface area (Å²) in [6.45, 7) is 0.877. The number of rotatable bonds is 5. The second-order valence-corrected chi connectivity index (χ2v) is 3.72. The van der Waals surface area contributed by atoms with Gasteiger partial charge in [-0.2, -0.15) is 4.98 Å². The lowest BCUT2D eigenvalue weighted by atomic mass is 10.1. The van der Waals surface area contributed by atoms with Gasteiger partial charge in [0.05, 0.1) is 13.1 Å². The molecular weight excluding hydrogens is 233 g/mol. The van der Waals surface area contributed by atoms with Crippen LogP contribution in [0, 0.1) is 18.2 Å². The quantitative estimate of drug-likeness (QED) is 0.641. The van der Waals surface area contributed by atoms with Crippen molar-refractivity contribution in [2.24, 2.45) is 0 Å². The van der Waals surface area contributed by atoms with Gasteiger partial charge in [0.2, 0.25) is 5.89 Å². The first kappa shape index (κ1) is 12.3. The first-order chi connectivity index (χ1) is 8.78. The summed E-state index contributed by atoms with van der Waals surface area (Å²) >= 11 is 0. The van der Waals surface area contributed by atoms with Crippen molar-refractivity contribution in [2.75, 3.05) is 6.54 Å². The Hall–Kier alpha value is -2.19. The molecule has 0 saturated heterocycles. The summed E-state index contributed by atoms with van der Waals surface area (Å²) in [6, 6.07) is 6.32. The lowest BCUT2D eigenvalue weighted by molar-refractivity contribution is 0.366. The van der Waals surface area contributed by atoms with Crippen molar-refractivity contribution in [3.05, 3.63) is 47.4 Å². The van der Waals surface area contributed by atoms with Gasteiger partial charge in [-0.1, -0.05) is 23.2 Å². The summed E-state index contributed by atoms with van der Waals surface area (Å²) in [5, 5.41) is 6.76. The molecule has 0 bridgehead atoms. The molecule has 1 aromatic heterocycles. The topological polar surface area (TPSA) is 51.0 Å². The molecule has 2 rings (SSSR count). The molecule has 0 amide bonds. The minimum atomic E-state index is -0.271. The molecule has 0 radical (unpaired) electrons. The van der Waals surface area contributed by atoms with E-state index in [-0.39, 0.29) is 5.82 Å². The lowest BCUT2D eigenvalue weighted by Gasteiger charge is -1.96. The zero-order chi connectivity index (χ0) is 12.8. The molecule has 0 atom stereocenters. The van der Waals surface area contributed by atoms with Crippen LogP contribution in [0.2, 0.25) is 0 Å². The number of aromatic nitrogens is 2. The summed E-state index contributed by atoms with van der Waals surface area (Å²) < 4.78 is 18.0. The standard InChI is InChI=1S/C13H12FN3O/c1-2-6-15-9-13-16-12(17-18-13)8-10-4-3-5-11(14)7-10/h1,3-5,7,15H,6,8-9H2. The van der Waals surface area contributed by atoms with Crippen LogP contribution in [0.1, 0.15) is 17.3 Å². The van der Waals surface area contributed by atoms with E-state index in [1.165, 1.54) is 12.1 Å².